The molecule has 0 radical (unpaired) electrons. The number of carbonyl (C=O) groups excluding carboxylic acids is 1. The Morgan fingerprint density at radius 2 is 1.92 bits per heavy atom. The molecule has 5 nitrogen and oxygen atoms in total. The standard InChI is InChI=1S/C20H33NO4/c1-12-8-16-13(10-20(2)17(23)9-15(22)18(12)20)14(19(24)25-16)11-21-6-4-3-5-7-21/h12-18,22-23H,3-11H2,1-2H3/t12-,13-,14-,15+,16+,17-,18-,20-/m1/s1. The number of rotatable bonds is 2. The third kappa shape index (κ3) is 2.92. The molecule has 0 aromatic carbocycles. The average molecular weight is 351 g/mol. The molecule has 0 amide bonds. The van der Waals surface area contributed by atoms with Crippen molar-refractivity contribution in [3.05, 3.63) is 0 Å². The normalized spacial score (nSPS) is 50.9. The van der Waals surface area contributed by atoms with Crippen molar-refractivity contribution < 1.29 is 19.7 Å². The highest BCUT2D eigenvalue weighted by molar-refractivity contribution is 5.75. The van der Waals surface area contributed by atoms with Crippen molar-refractivity contribution in [2.75, 3.05) is 19.6 Å². The van der Waals surface area contributed by atoms with E-state index in [-0.39, 0.29) is 41.2 Å². The first-order chi connectivity index (χ1) is 11.9. The summed E-state index contributed by atoms with van der Waals surface area (Å²) in [6, 6.07) is 0. The van der Waals surface area contributed by atoms with Crippen LogP contribution in [0.2, 0.25) is 0 Å². The maximum absolute atomic E-state index is 12.6. The number of fused-ring (bicyclic) bond motifs is 2. The van der Waals surface area contributed by atoms with E-state index >= 15 is 0 Å². The van der Waals surface area contributed by atoms with Crippen LogP contribution in [0.5, 0.6) is 0 Å². The van der Waals surface area contributed by atoms with E-state index in [2.05, 4.69) is 18.7 Å². The van der Waals surface area contributed by atoms with Gasteiger partial charge in [-0.25, -0.2) is 0 Å². The molecule has 4 aliphatic rings. The number of hydrogen-bond donors (Lipinski definition) is 2. The molecule has 0 unspecified atom stereocenters. The first kappa shape index (κ1) is 17.7. The molecule has 4 rings (SSSR count). The van der Waals surface area contributed by atoms with Gasteiger partial charge in [-0.15, -0.1) is 0 Å². The van der Waals surface area contributed by atoms with Gasteiger partial charge >= 0.3 is 5.97 Å². The first-order valence-electron chi connectivity index (χ1n) is 10.2. The Kier molecular flexibility index (Phi) is 4.62. The minimum atomic E-state index is -0.486. The summed E-state index contributed by atoms with van der Waals surface area (Å²) in [5, 5.41) is 21.2. The van der Waals surface area contributed by atoms with Crippen molar-refractivity contribution in [1.82, 2.24) is 4.90 Å². The lowest BCUT2D eigenvalue weighted by Gasteiger charge is -2.38. The van der Waals surface area contributed by atoms with Crippen LogP contribution in [0.3, 0.4) is 0 Å². The van der Waals surface area contributed by atoms with Crippen LogP contribution in [0.15, 0.2) is 0 Å². The van der Waals surface area contributed by atoms with Crippen LogP contribution in [0.4, 0.5) is 0 Å². The molecule has 5 heteroatoms. The summed E-state index contributed by atoms with van der Waals surface area (Å²) >= 11 is 0. The van der Waals surface area contributed by atoms with E-state index in [4.69, 9.17) is 4.74 Å². The molecule has 2 aliphatic heterocycles. The Bertz CT molecular complexity index is 520. The predicted molar refractivity (Wildman–Crippen MR) is 93.8 cm³/mol. The molecular formula is C20H33NO4. The number of aliphatic hydroxyl groups excluding tert-OH is 2. The molecular weight excluding hydrogens is 318 g/mol. The number of aliphatic hydroxyl groups is 2. The highest BCUT2D eigenvalue weighted by atomic mass is 16.6. The summed E-state index contributed by atoms with van der Waals surface area (Å²) in [4.78, 5) is 15.0. The van der Waals surface area contributed by atoms with Crippen molar-refractivity contribution in [3.8, 4) is 0 Å². The highest BCUT2D eigenvalue weighted by Crippen LogP contribution is 2.57. The van der Waals surface area contributed by atoms with Crippen molar-refractivity contribution in [2.24, 2.45) is 29.1 Å². The number of piperidine rings is 1. The molecule has 2 saturated heterocycles. The predicted octanol–water partition coefficient (Wildman–Crippen LogP) is 1.81. The molecule has 25 heavy (non-hydrogen) atoms. The van der Waals surface area contributed by atoms with E-state index in [0.717, 1.165) is 32.5 Å². The fourth-order valence-corrected chi connectivity index (χ4v) is 6.51. The van der Waals surface area contributed by atoms with Gasteiger partial charge < -0.3 is 19.8 Å². The number of hydrogen-bond acceptors (Lipinski definition) is 5. The van der Waals surface area contributed by atoms with Gasteiger partial charge in [0, 0.05) is 18.9 Å². The lowest BCUT2D eigenvalue weighted by atomic mass is 9.68. The van der Waals surface area contributed by atoms with Gasteiger partial charge in [0.05, 0.1) is 18.1 Å². The monoisotopic (exact) mass is 351 g/mol. The van der Waals surface area contributed by atoms with Crippen LogP contribution in [0.1, 0.15) is 52.4 Å². The van der Waals surface area contributed by atoms with Gasteiger partial charge in [-0.05, 0) is 56.0 Å². The van der Waals surface area contributed by atoms with E-state index < -0.39 is 12.2 Å². The van der Waals surface area contributed by atoms with E-state index in [0.29, 0.717) is 6.42 Å². The molecule has 0 spiro atoms. The van der Waals surface area contributed by atoms with Gasteiger partial charge in [0.1, 0.15) is 6.10 Å². The third-order valence-corrected chi connectivity index (χ3v) is 7.76. The molecule has 2 N–H and O–H groups in total. The van der Waals surface area contributed by atoms with Crippen LogP contribution in [-0.2, 0) is 9.53 Å². The van der Waals surface area contributed by atoms with E-state index in [9.17, 15) is 15.0 Å². The number of likely N-dealkylation sites (tertiary alicyclic amines) is 1. The second kappa shape index (κ2) is 6.50. The van der Waals surface area contributed by atoms with Gasteiger partial charge in [0.15, 0.2) is 0 Å². The summed E-state index contributed by atoms with van der Waals surface area (Å²) in [5.74, 6) is 0.418. The molecule has 4 fully saturated rings. The van der Waals surface area contributed by atoms with Crippen LogP contribution >= 0.6 is 0 Å². The molecule has 8 atom stereocenters. The fraction of sp³-hybridized carbons (Fsp3) is 0.950. The fourth-order valence-electron chi connectivity index (χ4n) is 6.51. The third-order valence-electron chi connectivity index (χ3n) is 7.76. The zero-order valence-electron chi connectivity index (χ0n) is 15.6. The van der Waals surface area contributed by atoms with E-state index in [1.165, 1.54) is 19.3 Å². The minimum Gasteiger partial charge on any atom is -0.462 e. The molecule has 2 heterocycles. The van der Waals surface area contributed by atoms with Crippen molar-refractivity contribution in [1.29, 1.82) is 0 Å². The summed E-state index contributed by atoms with van der Waals surface area (Å²) in [6.07, 6.45) is 4.83. The lowest BCUT2D eigenvalue weighted by Crippen LogP contribution is -2.41. The Labute approximate surface area is 150 Å². The van der Waals surface area contributed by atoms with Crippen molar-refractivity contribution in [3.63, 3.8) is 0 Å². The molecule has 2 aliphatic carbocycles. The Hall–Kier alpha value is -0.650. The molecule has 0 aromatic heterocycles. The number of nitrogens with zero attached hydrogens (tertiary/aromatic N) is 1. The van der Waals surface area contributed by atoms with E-state index in [1.807, 2.05) is 0 Å². The van der Waals surface area contributed by atoms with Gasteiger partial charge in [0.25, 0.3) is 0 Å². The zero-order chi connectivity index (χ0) is 17.8. The van der Waals surface area contributed by atoms with Crippen LogP contribution in [-0.4, -0.2) is 59.0 Å². The molecule has 0 aromatic rings. The van der Waals surface area contributed by atoms with Gasteiger partial charge in [-0.3, -0.25) is 4.79 Å². The van der Waals surface area contributed by atoms with E-state index in [1.54, 1.807) is 0 Å². The van der Waals surface area contributed by atoms with Gasteiger partial charge in [-0.2, -0.15) is 0 Å². The molecule has 142 valence electrons. The number of carbonyl (C=O) groups is 1. The average Bonchev–Trinajstić information content (AvgIpc) is 2.91. The first-order valence-corrected chi connectivity index (χ1v) is 10.2. The quantitative estimate of drug-likeness (QED) is 0.743. The van der Waals surface area contributed by atoms with Crippen LogP contribution in [0, 0.1) is 29.1 Å². The Balaban J connectivity index is 1.57. The maximum atomic E-state index is 12.6. The number of esters is 1. The summed E-state index contributed by atoms with van der Waals surface area (Å²) in [6.45, 7) is 7.24. The zero-order valence-corrected chi connectivity index (χ0v) is 15.6. The summed E-state index contributed by atoms with van der Waals surface area (Å²) in [5.41, 5.74) is -0.313. The second-order valence-electron chi connectivity index (χ2n) is 9.37. The Morgan fingerprint density at radius 3 is 2.64 bits per heavy atom. The SMILES string of the molecule is C[C@@H]1C[C@@H]2OC(=O)[C@H](CN3CCCCC3)[C@H]2C[C@@]2(C)[C@H]1[C@@H](O)C[C@H]2O. The largest absolute Gasteiger partial charge is 0.462 e. The van der Waals surface area contributed by atoms with Crippen molar-refractivity contribution >= 4 is 5.97 Å². The molecule has 2 saturated carbocycles. The minimum absolute atomic E-state index is 0.0390. The van der Waals surface area contributed by atoms with Crippen LogP contribution in [0.25, 0.3) is 0 Å². The number of ether oxygens (including phenoxy) is 1. The Morgan fingerprint density at radius 1 is 1.20 bits per heavy atom. The van der Waals surface area contributed by atoms with Crippen molar-refractivity contribution in [2.45, 2.75) is 70.7 Å². The van der Waals surface area contributed by atoms with Crippen LogP contribution < -0.4 is 0 Å². The highest BCUT2D eigenvalue weighted by Gasteiger charge is 2.60. The molecule has 0 bridgehead atoms. The lowest BCUT2D eigenvalue weighted by molar-refractivity contribution is -0.145. The van der Waals surface area contributed by atoms with Gasteiger partial charge in [-0.1, -0.05) is 20.3 Å². The topological polar surface area (TPSA) is 70.0 Å². The second-order valence-corrected chi connectivity index (χ2v) is 9.37. The van der Waals surface area contributed by atoms with Gasteiger partial charge in [0.2, 0.25) is 0 Å². The smallest absolute Gasteiger partial charge is 0.310 e. The summed E-state index contributed by atoms with van der Waals surface area (Å²) in [7, 11) is 0. The maximum Gasteiger partial charge on any atom is 0.310 e. The summed E-state index contributed by atoms with van der Waals surface area (Å²) < 4.78 is 5.82.